The summed E-state index contributed by atoms with van der Waals surface area (Å²) in [7, 11) is 0. The summed E-state index contributed by atoms with van der Waals surface area (Å²) in [6.45, 7) is 5.61. The fourth-order valence-corrected chi connectivity index (χ4v) is 3.36. The zero-order valence-electron chi connectivity index (χ0n) is 14.8. The third-order valence-corrected chi connectivity index (χ3v) is 4.84. The molecule has 2 aromatic rings. The van der Waals surface area contributed by atoms with Crippen molar-refractivity contribution in [3.8, 4) is 11.5 Å². The van der Waals surface area contributed by atoms with Crippen LogP contribution in [0.5, 0.6) is 11.5 Å². The number of nitrogens with one attached hydrogen (secondary N) is 1. The van der Waals surface area contributed by atoms with E-state index in [2.05, 4.69) is 10.5 Å². The number of benzene rings is 1. The summed E-state index contributed by atoms with van der Waals surface area (Å²) >= 11 is 0. The van der Waals surface area contributed by atoms with Crippen molar-refractivity contribution < 1.29 is 23.6 Å². The molecule has 1 N–H and O–H groups in total. The maximum absolute atomic E-state index is 13.0. The summed E-state index contributed by atoms with van der Waals surface area (Å²) in [5.41, 5.74) is 1.28. The summed E-state index contributed by atoms with van der Waals surface area (Å²) < 4.78 is 15.8. The molecule has 1 unspecified atom stereocenters. The number of ether oxygens (including phenoxy) is 2. The van der Waals surface area contributed by atoms with Crippen molar-refractivity contribution in [1.29, 1.82) is 0 Å². The van der Waals surface area contributed by atoms with Gasteiger partial charge in [0, 0.05) is 12.0 Å². The second kappa shape index (κ2) is 5.76. The van der Waals surface area contributed by atoms with Crippen molar-refractivity contribution in [2.45, 2.75) is 39.3 Å². The molecule has 136 valence electrons. The lowest BCUT2D eigenvalue weighted by Crippen LogP contribution is -2.45. The Bertz CT molecular complexity index is 887. The molecule has 0 aliphatic carbocycles. The topological polar surface area (TPSA) is 93.9 Å². The van der Waals surface area contributed by atoms with Crippen LogP contribution in [0, 0.1) is 13.8 Å². The van der Waals surface area contributed by atoms with Crippen molar-refractivity contribution in [1.82, 2.24) is 15.4 Å². The van der Waals surface area contributed by atoms with Crippen LogP contribution in [0.3, 0.4) is 0 Å². The number of rotatable bonds is 4. The largest absolute Gasteiger partial charge is 0.454 e. The minimum Gasteiger partial charge on any atom is -0.454 e. The van der Waals surface area contributed by atoms with Crippen LogP contribution in [-0.2, 0) is 17.8 Å². The molecule has 0 spiro atoms. The highest BCUT2D eigenvalue weighted by Gasteiger charge is 2.48. The average molecular weight is 357 g/mol. The summed E-state index contributed by atoms with van der Waals surface area (Å²) in [5.74, 6) is 1.66. The number of aromatic nitrogens is 1. The van der Waals surface area contributed by atoms with Crippen LogP contribution in [-0.4, -0.2) is 34.3 Å². The Hall–Kier alpha value is -3.03. The van der Waals surface area contributed by atoms with Crippen molar-refractivity contribution in [3.63, 3.8) is 0 Å². The van der Waals surface area contributed by atoms with Gasteiger partial charge in [0.2, 0.25) is 6.79 Å². The van der Waals surface area contributed by atoms with Gasteiger partial charge in [0.15, 0.2) is 11.5 Å². The maximum Gasteiger partial charge on any atom is 0.325 e. The molecule has 2 aliphatic rings. The molecule has 3 heterocycles. The van der Waals surface area contributed by atoms with Crippen LogP contribution in [0.4, 0.5) is 4.79 Å². The van der Waals surface area contributed by atoms with E-state index in [1.165, 1.54) is 4.90 Å². The van der Waals surface area contributed by atoms with Crippen LogP contribution >= 0.6 is 0 Å². The lowest BCUT2D eigenvalue weighted by Gasteiger charge is -2.22. The van der Waals surface area contributed by atoms with Crippen molar-refractivity contribution in [3.05, 3.63) is 40.8 Å². The predicted octanol–water partition coefficient (Wildman–Crippen LogP) is 2.07. The lowest BCUT2D eigenvalue weighted by molar-refractivity contribution is -0.131. The number of imide groups is 1. The van der Waals surface area contributed by atoms with Crippen LogP contribution in [0.1, 0.15) is 29.5 Å². The first-order valence-corrected chi connectivity index (χ1v) is 8.32. The van der Waals surface area contributed by atoms with Crippen LogP contribution in [0.15, 0.2) is 22.7 Å². The molecule has 0 bridgehead atoms. The molecule has 0 saturated carbocycles. The molecule has 26 heavy (non-hydrogen) atoms. The van der Waals surface area contributed by atoms with E-state index in [-0.39, 0.29) is 19.2 Å². The number of fused-ring (bicyclic) bond motifs is 1. The number of carbonyl (C=O) groups is 2. The molecule has 8 nitrogen and oxygen atoms in total. The summed E-state index contributed by atoms with van der Waals surface area (Å²) in [5, 5.41) is 6.69. The molecule has 1 aromatic carbocycles. The molecule has 1 atom stereocenters. The van der Waals surface area contributed by atoms with Gasteiger partial charge >= 0.3 is 6.03 Å². The molecular formula is C18H19N3O5. The molecule has 1 aromatic heterocycles. The SMILES string of the molecule is Cc1noc(C)c1CN1C(=O)NC(C)(Cc2ccc3c(c2)OCO3)C1=O. The Labute approximate surface area is 150 Å². The number of carbonyl (C=O) groups excluding carboxylic acids is 2. The molecule has 4 rings (SSSR count). The first-order valence-electron chi connectivity index (χ1n) is 8.32. The second-order valence-electron chi connectivity index (χ2n) is 6.82. The van der Waals surface area contributed by atoms with Gasteiger partial charge in [0.25, 0.3) is 5.91 Å². The van der Waals surface area contributed by atoms with E-state index >= 15 is 0 Å². The van der Waals surface area contributed by atoms with Gasteiger partial charge in [0.05, 0.1) is 12.2 Å². The van der Waals surface area contributed by atoms with E-state index in [0.29, 0.717) is 29.4 Å². The van der Waals surface area contributed by atoms with Crippen molar-refractivity contribution in [2.75, 3.05) is 6.79 Å². The molecule has 8 heteroatoms. The van der Waals surface area contributed by atoms with Gasteiger partial charge in [-0.15, -0.1) is 0 Å². The highest BCUT2D eigenvalue weighted by molar-refractivity contribution is 6.06. The molecule has 1 fully saturated rings. The Balaban J connectivity index is 1.55. The maximum atomic E-state index is 13.0. The zero-order chi connectivity index (χ0) is 18.5. The van der Waals surface area contributed by atoms with E-state index in [4.69, 9.17) is 14.0 Å². The Kier molecular flexibility index (Phi) is 3.64. The Morgan fingerprint density at radius 3 is 2.73 bits per heavy atom. The van der Waals surface area contributed by atoms with Crippen LogP contribution in [0.2, 0.25) is 0 Å². The summed E-state index contributed by atoms with van der Waals surface area (Å²) in [6, 6.07) is 5.10. The Morgan fingerprint density at radius 2 is 2.00 bits per heavy atom. The average Bonchev–Trinajstić information content (AvgIpc) is 3.23. The molecule has 0 radical (unpaired) electrons. The smallest absolute Gasteiger partial charge is 0.325 e. The standard InChI is InChI=1S/C18H19N3O5/c1-10-13(11(2)26-20-10)8-21-16(22)18(3,19-17(21)23)7-12-4-5-14-15(6-12)25-9-24-14/h4-6H,7-9H2,1-3H3,(H,19,23). The Morgan fingerprint density at radius 1 is 1.23 bits per heavy atom. The van der Waals surface area contributed by atoms with Gasteiger partial charge in [-0.05, 0) is 38.5 Å². The number of amides is 3. The van der Waals surface area contributed by atoms with Gasteiger partial charge in [0.1, 0.15) is 11.3 Å². The monoisotopic (exact) mass is 357 g/mol. The highest BCUT2D eigenvalue weighted by atomic mass is 16.7. The van der Waals surface area contributed by atoms with Gasteiger partial charge in [-0.1, -0.05) is 11.2 Å². The first-order chi connectivity index (χ1) is 12.4. The van der Waals surface area contributed by atoms with E-state index in [9.17, 15) is 9.59 Å². The number of aryl methyl sites for hydroxylation is 2. The van der Waals surface area contributed by atoms with Gasteiger partial charge in [-0.3, -0.25) is 9.69 Å². The van der Waals surface area contributed by atoms with E-state index in [1.54, 1.807) is 20.8 Å². The minimum absolute atomic E-state index is 0.141. The molecule has 1 saturated heterocycles. The van der Waals surface area contributed by atoms with Crippen molar-refractivity contribution in [2.24, 2.45) is 0 Å². The van der Waals surface area contributed by atoms with E-state index in [0.717, 1.165) is 11.1 Å². The van der Waals surface area contributed by atoms with Gasteiger partial charge in [-0.25, -0.2) is 4.79 Å². The van der Waals surface area contributed by atoms with E-state index < -0.39 is 11.6 Å². The fraction of sp³-hybridized carbons (Fsp3) is 0.389. The number of nitrogens with zero attached hydrogens (tertiary/aromatic N) is 2. The molecular weight excluding hydrogens is 338 g/mol. The second-order valence-corrected chi connectivity index (χ2v) is 6.82. The summed E-state index contributed by atoms with van der Waals surface area (Å²) in [6.07, 6.45) is 0.353. The molecule has 3 amide bonds. The lowest BCUT2D eigenvalue weighted by atomic mass is 9.92. The highest BCUT2D eigenvalue weighted by Crippen LogP contribution is 2.34. The predicted molar refractivity (Wildman–Crippen MR) is 89.7 cm³/mol. The fourth-order valence-electron chi connectivity index (χ4n) is 3.36. The minimum atomic E-state index is -1.02. The number of hydrogen-bond acceptors (Lipinski definition) is 6. The summed E-state index contributed by atoms with van der Waals surface area (Å²) in [4.78, 5) is 26.6. The third kappa shape index (κ3) is 2.58. The van der Waals surface area contributed by atoms with Crippen molar-refractivity contribution >= 4 is 11.9 Å². The third-order valence-electron chi connectivity index (χ3n) is 4.84. The molecule has 2 aliphatic heterocycles. The number of urea groups is 1. The van der Waals surface area contributed by atoms with Gasteiger partial charge in [-0.2, -0.15) is 0 Å². The first kappa shape index (κ1) is 16.4. The normalized spacial score (nSPS) is 21.4. The quantitative estimate of drug-likeness (QED) is 0.842. The van der Waals surface area contributed by atoms with E-state index in [1.807, 2.05) is 18.2 Å². The van der Waals surface area contributed by atoms with Crippen LogP contribution < -0.4 is 14.8 Å². The van der Waals surface area contributed by atoms with Gasteiger partial charge < -0.3 is 19.3 Å². The zero-order valence-corrected chi connectivity index (χ0v) is 14.8. The van der Waals surface area contributed by atoms with Crippen LogP contribution in [0.25, 0.3) is 0 Å². The number of hydrogen-bond donors (Lipinski definition) is 1.